The lowest BCUT2D eigenvalue weighted by Gasteiger charge is -2.27. The summed E-state index contributed by atoms with van der Waals surface area (Å²) in [6.07, 6.45) is 0.855. The van der Waals surface area contributed by atoms with E-state index in [9.17, 15) is 8.42 Å². The zero-order chi connectivity index (χ0) is 17.9. The van der Waals surface area contributed by atoms with Crippen LogP contribution < -0.4 is 0 Å². The van der Waals surface area contributed by atoms with Gasteiger partial charge >= 0.3 is 0 Å². The summed E-state index contributed by atoms with van der Waals surface area (Å²) < 4.78 is 27.6. The highest BCUT2D eigenvalue weighted by molar-refractivity contribution is 7.89. The summed E-state index contributed by atoms with van der Waals surface area (Å²) in [5.74, 6) is 0. The molecule has 3 rings (SSSR count). The summed E-state index contributed by atoms with van der Waals surface area (Å²) in [5, 5.41) is 0.539. The van der Waals surface area contributed by atoms with Crippen LogP contribution in [0.2, 0.25) is 5.02 Å². The molecule has 1 unspecified atom stereocenters. The van der Waals surface area contributed by atoms with Gasteiger partial charge in [-0.2, -0.15) is 4.31 Å². The van der Waals surface area contributed by atoms with Gasteiger partial charge in [0.05, 0.1) is 4.90 Å². The molecule has 0 spiro atoms. The molecule has 0 amide bonds. The number of halogens is 1. The third kappa shape index (κ3) is 4.23. The zero-order valence-electron chi connectivity index (χ0n) is 14.3. The molecule has 1 saturated heterocycles. The zero-order valence-corrected chi connectivity index (χ0v) is 15.9. The normalized spacial score (nSPS) is 18.8. The molecule has 0 aromatic heterocycles. The molecular formula is C19H23ClN2O2S. The first-order valence-corrected chi connectivity index (χ1v) is 10.4. The summed E-state index contributed by atoms with van der Waals surface area (Å²) in [6.45, 7) is 4.89. The second kappa shape index (κ2) is 7.87. The molecule has 1 heterocycles. The van der Waals surface area contributed by atoms with Crippen LogP contribution in [0, 0.1) is 0 Å². The summed E-state index contributed by atoms with van der Waals surface area (Å²) >= 11 is 5.88. The number of hydrogen-bond donors (Lipinski definition) is 0. The van der Waals surface area contributed by atoms with Crippen molar-refractivity contribution in [3.63, 3.8) is 0 Å². The Morgan fingerprint density at radius 2 is 1.80 bits per heavy atom. The summed E-state index contributed by atoms with van der Waals surface area (Å²) in [6, 6.07) is 16.7. The highest BCUT2D eigenvalue weighted by atomic mass is 35.5. The van der Waals surface area contributed by atoms with E-state index in [4.69, 9.17) is 11.6 Å². The number of hydrogen-bond acceptors (Lipinski definition) is 3. The van der Waals surface area contributed by atoms with Gasteiger partial charge in [0.2, 0.25) is 10.0 Å². The van der Waals surface area contributed by atoms with Gasteiger partial charge in [0.1, 0.15) is 0 Å². The van der Waals surface area contributed by atoms with Crippen LogP contribution >= 0.6 is 11.6 Å². The fraction of sp³-hybridized carbons (Fsp3) is 0.368. The topological polar surface area (TPSA) is 40.6 Å². The Labute approximate surface area is 155 Å². The van der Waals surface area contributed by atoms with Crippen molar-refractivity contribution in [3.8, 4) is 0 Å². The molecule has 2 aromatic carbocycles. The summed E-state index contributed by atoms with van der Waals surface area (Å²) in [4.78, 5) is 2.63. The minimum atomic E-state index is -3.50. The number of nitrogens with zero attached hydrogens (tertiary/aromatic N) is 2. The maximum atomic E-state index is 13.0. The minimum absolute atomic E-state index is 0.00869. The van der Waals surface area contributed by atoms with Crippen LogP contribution in [-0.2, 0) is 16.6 Å². The molecule has 0 saturated carbocycles. The molecule has 1 aliphatic heterocycles. The second-order valence-electron chi connectivity index (χ2n) is 6.33. The SMILES string of the molecule is CCN(C1CCN(Cc2ccccc2)C1)S(=O)(=O)c1ccc(Cl)cc1. The third-order valence-corrected chi connectivity index (χ3v) is 6.93. The smallest absolute Gasteiger partial charge is 0.243 e. The Hall–Kier alpha value is -1.40. The number of rotatable bonds is 6. The van der Waals surface area contributed by atoms with Gasteiger partial charge in [0.15, 0.2) is 0 Å². The average Bonchev–Trinajstić information content (AvgIpc) is 3.04. The monoisotopic (exact) mass is 378 g/mol. The van der Waals surface area contributed by atoms with E-state index in [0.29, 0.717) is 16.5 Å². The molecule has 134 valence electrons. The minimum Gasteiger partial charge on any atom is -0.297 e. The van der Waals surface area contributed by atoms with Gasteiger partial charge in [-0.25, -0.2) is 8.42 Å². The van der Waals surface area contributed by atoms with E-state index in [1.165, 1.54) is 5.56 Å². The van der Waals surface area contributed by atoms with Crippen LogP contribution in [0.4, 0.5) is 0 Å². The van der Waals surface area contributed by atoms with Gasteiger partial charge in [-0.05, 0) is 36.2 Å². The van der Waals surface area contributed by atoms with Crippen LogP contribution in [0.1, 0.15) is 18.9 Å². The van der Waals surface area contributed by atoms with Gasteiger partial charge in [-0.15, -0.1) is 0 Å². The predicted molar refractivity (Wildman–Crippen MR) is 101 cm³/mol. The third-order valence-electron chi connectivity index (χ3n) is 4.64. The quantitative estimate of drug-likeness (QED) is 0.770. The Bertz CT molecular complexity index is 794. The molecule has 25 heavy (non-hydrogen) atoms. The molecule has 1 atom stereocenters. The number of likely N-dealkylation sites (N-methyl/N-ethyl adjacent to an activating group) is 1. The first-order valence-electron chi connectivity index (χ1n) is 8.54. The number of sulfonamides is 1. The highest BCUT2D eigenvalue weighted by Gasteiger charge is 2.34. The van der Waals surface area contributed by atoms with Gasteiger partial charge in [0, 0.05) is 37.2 Å². The average molecular weight is 379 g/mol. The van der Waals surface area contributed by atoms with E-state index in [0.717, 1.165) is 26.1 Å². The maximum Gasteiger partial charge on any atom is 0.243 e. The molecule has 0 radical (unpaired) electrons. The first-order chi connectivity index (χ1) is 12.0. The molecule has 6 heteroatoms. The Morgan fingerprint density at radius 1 is 1.12 bits per heavy atom. The number of benzene rings is 2. The number of likely N-dealkylation sites (tertiary alicyclic amines) is 1. The molecule has 0 bridgehead atoms. The predicted octanol–water partition coefficient (Wildman–Crippen LogP) is 3.63. The van der Waals surface area contributed by atoms with E-state index in [1.54, 1.807) is 28.6 Å². The fourth-order valence-electron chi connectivity index (χ4n) is 3.40. The van der Waals surface area contributed by atoms with Gasteiger partial charge < -0.3 is 0 Å². The van der Waals surface area contributed by atoms with Crippen molar-refractivity contribution >= 4 is 21.6 Å². The summed E-state index contributed by atoms with van der Waals surface area (Å²) in [7, 11) is -3.50. The fourth-order valence-corrected chi connectivity index (χ4v) is 5.18. The van der Waals surface area contributed by atoms with E-state index >= 15 is 0 Å². The van der Waals surface area contributed by atoms with Crippen molar-refractivity contribution in [1.29, 1.82) is 0 Å². The summed E-state index contributed by atoms with van der Waals surface area (Å²) in [5.41, 5.74) is 1.26. The lowest BCUT2D eigenvalue weighted by Crippen LogP contribution is -2.41. The van der Waals surface area contributed by atoms with Crippen molar-refractivity contribution < 1.29 is 8.42 Å². The van der Waals surface area contributed by atoms with Crippen LogP contribution in [0.5, 0.6) is 0 Å². The van der Waals surface area contributed by atoms with Gasteiger partial charge in [0.25, 0.3) is 0 Å². The van der Waals surface area contributed by atoms with E-state index in [2.05, 4.69) is 17.0 Å². The van der Waals surface area contributed by atoms with Crippen molar-refractivity contribution in [2.45, 2.75) is 30.8 Å². The first kappa shape index (κ1) is 18.4. The maximum absolute atomic E-state index is 13.0. The van der Waals surface area contributed by atoms with Crippen molar-refractivity contribution in [2.24, 2.45) is 0 Å². The molecule has 2 aromatic rings. The molecule has 4 nitrogen and oxygen atoms in total. The largest absolute Gasteiger partial charge is 0.297 e. The van der Waals surface area contributed by atoms with Crippen LogP contribution in [-0.4, -0.2) is 43.3 Å². The van der Waals surface area contributed by atoms with E-state index < -0.39 is 10.0 Å². The van der Waals surface area contributed by atoms with Crippen molar-refractivity contribution in [3.05, 3.63) is 65.2 Å². The Morgan fingerprint density at radius 3 is 2.44 bits per heavy atom. The molecular weight excluding hydrogens is 356 g/mol. The Balaban J connectivity index is 1.72. The molecule has 0 N–H and O–H groups in total. The van der Waals surface area contributed by atoms with E-state index in [1.807, 2.05) is 25.1 Å². The molecule has 1 aliphatic rings. The molecule has 1 fully saturated rings. The molecule has 0 aliphatic carbocycles. The Kier molecular flexibility index (Phi) is 5.79. The lowest BCUT2D eigenvalue weighted by atomic mass is 10.2. The van der Waals surface area contributed by atoms with Gasteiger partial charge in [-0.1, -0.05) is 48.9 Å². The van der Waals surface area contributed by atoms with Gasteiger partial charge in [-0.3, -0.25) is 4.90 Å². The van der Waals surface area contributed by atoms with Crippen molar-refractivity contribution in [2.75, 3.05) is 19.6 Å². The lowest BCUT2D eigenvalue weighted by molar-refractivity contribution is 0.285. The standard InChI is InChI=1S/C19H23ClN2O2S/c1-2-22(25(23,24)19-10-8-17(20)9-11-19)18-12-13-21(15-18)14-16-6-4-3-5-7-16/h3-11,18H,2,12-15H2,1H3. The van der Waals surface area contributed by atoms with E-state index in [-0.39, 0.29) is 6.04 Å². The van der Waals surface area contributed by atoms with Crippen LogP contribution in [0.25, 0.3) is 0 Å². The van der Waals surface area contributed by atoms with Crippen LogP contribution in [0.3, 0.4) is 0 Å². The highest BCUT2D eigenvalue weighted by Crippen LogP contribution is 2.25. The van der Waals surface area contributed by atoms with Crippen LogP contribution in [0.15, 0.2) is 59.5 Å². The second-order valence-corrected chi connectivity index (χ2v) is 8.65. The van der Waals surface area contributed by atoms with Crippen molar-refractivity contribution in [1.82, 2.24) is 9.21 Å².